The summed E-state index contributed by atoms with van der Waals surface area (Å²) in [6.45, 7) is 2.61. The first kappa shape index (κ1) is 10.9. The van der Waals surface area contributed by atoms with Crippen LogP contribution in [-0.4, -0.2) is 16.0 Å². The van der Waals surface area contributed by atoms with Gasteiger partial charge in [-0.05, 0) is 24.4 Å². The van der Waals surface area contributed by atoms with E-state index in [0.717, 1.165) is 17.3 Å². The van der Waals surface area contributed by atoms with Gasteiger partial charge in [0, 0.05) is 6.42 Å². The summed E-state index contributed by atoms with van der Waals surface area (Å²) >= 11 is 1.50. The summed E-state index contributed by atoms with van der Waals surface area (Å²) in [5.41, 5.74) is 0. The molecule has 0 spiro atoms. The number of nitrogens with zero attached hydrogens (tertiary/aromatic N) is 2. The lowest BCUT2D eigenvalue weighted by Gasteiger charge is -2.19. The summed E-state index contributed by atoms with van der Waals surface area (Å²) in [7, 11) is 0. The Balaban J connectivity index is 1.86. The van der Waals surface area contributed by atoms with E-state index in [1.165, 1.54) is 43.6 Å². The van der Waals surface area contributed by atoms with Crippen LogP contribution in [0.25, 0.3) is 0 Å². The molecule has 1 fully saturated rings. The molecule has 0 unspecified atom stereocenters. The summed E-state index contributed by atoms with van der Waals surface area (Å²) in [5, 5.41) is 1.14. The van der Waals surface area contributed by atoms with Crippen molar-refractivity contribution in [2.45, 2.75) is 45.4 Å². The van der Waals surface area contributed by atoms with Gasteiger partial charge in [0.05, 0.1) is 6.61 Å². The molecule has 0 amide bonds. The Morgan fingerprint density at radius 3 is 2.87 bits per heavy atom. The maximum Gasteiger partial charge on any atom is 0.328 e. The Bertz CT molecular complexity index is 295. The quantitative estimate of drug-likeness (QED) is 0.791. The molecule has 84 valence electrons. The van der Waals surface area contributed by atoms with Crippen LogP contribution in [0.15, 0.2) is 0 Å². The van der Waals surface area contributed by atoms with Crippen LogP contribution in [0.5, 0.6) is 6.01 Å². The number of rotatable bonds is 4. The Morgan fingerprint density at radius 1 is 1.33 bits per heavy atom. The van der Waals surface area contributed by atoms with Crippen LogP contribution in [0.1, 0.15) is 44.0 Å². The molecule has 0 aromatic carbocycles. The highest BCUT2D eigenvalue weighted by Crippen LogP contribution is 2.27. The van der Waals surface area contributed by atoms with Crippen molar-refractivity contribution in [1.82, 2.24) is 9.36 Å². The molecule has 1 aliphatic rings. The highest BCUT2D eigenvalue weighted by atomic mass is 32.1. The van der Waals surface area contributed by atoms with Crippen molar-refractivity contribution in [3.63, 3.8) is 0 Å². The van der Waals surface area contributed by atoms with E-state index in [4.69, 9.17) is 4.74 Å². The fourth-order valence-corrected chi connectivity index (χ4v) is 2.85. The van der Waals surface area contributed by atoms with Crippen LogP contribution in [0.3, 0.4) is 0 Å². The molecule has 1 aliphatic carbocycles. The van der Waals surface area contributed by atoms with Gasteiger partial charge in [0.2, 0.25) is 0 Å². The predicted molar refractivity (Wildman–Crippen MR) is 61.4 cm³/mol. The van der Waals surface area contributed by atoms with Gasteiger partial charge < -0.3 is 4.74 Å². The molecule has 0 N–H and O–H groups in total. The highest BCUT2D eigenvalue weighted by molar-refractivity contribution is 7.05. The van der Waals surface area contributed by atoms with Crippen LogP contribution in [0, 0.1) is 5.92 Å². The minimum absolute atomic E-state index is 0.563. The van der Waals surface area contributed by atoms with E-state index in [-0.39, 0.29) is 0 Å². The Hall–Kier alpha value is -0.640. The zero-order valence-electron chi connectivity index (χ0n) is 9.24. The van der Waals surface area contributed by atoms with Gasteiger partial charge in [0.1, 0.15) is 5.01 Å². The summed E-state index contributed by atoms with van der Waals surface area (Å²) in [6.07, 6.45) is 8.03. The van der Waals surface area contributed by atoms with Crippen molar-refractivity contribution >= 4 is 11.5 Å². The van der Waals surface area contributed by atoms with E-state index >= 15 is 0 Å². The van der Waals surface area contributed by atoms with Crippen LogP contribution < -0.4 is 4.74 Å². The maximum absolute atomic E-state index is 5.26. The van der Waals surface area contributed by atoms with Crippen molar-refractivity contribution < 1.29 is 4.74 Å². The molecule has 2 rings (SSSR count). The van der Waals surface area contributed by atoms with Crippen LogP contribution >= 0.6 is 11.5 Å². The SMILES string of the molecule is CCOc1nsc(CC2CCCCC2)n1. The lowest BCUT2D eigenvalue weighted by molar-refractivity contribution is 0.314. The molecule has 0 radical (unpaired) electrons. The van der Waals surface area contributed by atoms with E-state index in [1.807, 2.05) is 6.92 Å². The smallest absolute Gasteiger partial charge is 0.328 e. The summed E-state index contributed by atoms with van der Waals surface area (Å²) in [5.74, 6) is 0.834. The molecule has 3 nitrogen and oxygen atoms in total. The first-order valence-electron chi connectivity index (χ1n) is 5.84. The van der Waals surface area contributed by atoms with Gasteiger partial charge in [0.25, 0.3) is 0 Å². The second-order valence-corrected chi connectivity index (χ2v) is 4.95. The zero-order valence-corrected chi connectivity index (χ0v) is 10.1. The normalized spacial score (nSPS) is 17.9. The molecule has 1 aromatic rings. The van der Waals surface area contributed by atoms with Crippen LogP contribution in [0.2, 0.25) is 0 Å². The second-order valence-electron chi connectivity index (χ2n) is 4.11. The lowest BCUT2D eigenvalue weighted by Crippen LogP contribution is -2.09. The minimum atomic E-state index is 0.563. The zero-order chi connectivity index (χ0) is 10.5. The predicted octanol–water partition coefficient (Wildman–Crippen LogP) is 3.06. The van der Waals surface area contributed by atoms with Gasteiger partial charge in [-0.2, -0.15) is 4.98 Å². The standard InChI is InChI=1S/C11H18N2OS/c1-2-14-11-12-10(15-13-11)8-9-6-4-3-5-7-9/h9H,2-8H2,1H3. The van der Waals surface area contributed by atoms with E-state index in [1.54, 1.807) is 0 Å². The molecule has 0 aliphatic heterocycles. The number of hydrogen-bond donors (Lipinski definition) is 0. The number of aromatic nitrogens is 2. The average Bonchev–Trinajstić information content (AvgIpc) is 2.68. The van der Waals surface area contributed by atoms with Crippen molar-refractivity contribution in [1.29, 1.82) is 0 Å². The van der Waals surface area contributed by atoms with Gasteiger partial charge in [-0.1, -0.05) is 32.1 Å². The van der Waals surface area contributed by atoms with Gasteiger partial charge >= 0.3 is 6.01 Å². The van der Waals surface area contributed by atoms with Gasteiger partial charge in [-0.3, -0.25) is 0 Å². The van der Waals surface area contributed by atoms with Crippen molar-refractivity contribution in [2.75, 3.05) is 6.61 Å². The van der Waals surface area contributed by atoms with E-state index in [9.17, 15) is 0 Å². The second kappa shape index (κ2) is 5.45. The van der Waals surface area contributed by atoms with E-state index in [0.29, 0.717) is 12.6 Å². The van der Waals surface area contributed by atoms with Crippen molar-refractivity contribution in [3.8, 4) is 6.01 Å². The first-order valence-corrected chi connectivity index (χ1v) is 6.61. The third-order valence-corrected chi connectivity index (χ3v) is 3.63. The monoisotopic (exact) mass is 226 g/mol. The van der Waals surface area contributed by atoms with E-state index < -0.39 is 0 Å². The molecule has 1 saturated carbocycles. The molecular formula is C11H18N2OS. The largest absolute Gasteiger partial charge is 0.463 e. The van der Waals surface area contributed by atoms with E-state index in [2.05, 4.69) is 9.36 Å². The molecule has 1 heterocycles. The fourth-order valence-electron chi connectivity index (χ4n) is 2.15. The van der Waals surface area contributed by atoms with Gasteiger partial charge in [-0.15, -0.1) is 4.37 Å². The molecular weight excluding hydrogens is 208 g/mol. The highest BCUT2D eigenvalue weighted by Gasteiger charge is 2.16. The third-order valence-electron chi connectivity index (χ3n) is 2.91. The Morgan fingerprint density at radius 2 is 2.13 bits per heavy atom. The summed E-state index contributed by atoms with van der Waals surface area (Å²) in [4.78, 5) is 4.38. The molecule has 4 heteroatoms. The Kier molecular flexibility index (Phi) is 3.94. The van der Waals surface area contributed by atoms with Crippen molar-refractivity contribution in [2.24, 2.45) is 5.92 Å². The number of ether oxygens (including phenoxy) is 1. The maximum atomic E-state index is 5.26. The Labute approximate surface area is 95.0 Å². The van der Waals surface area contributed by atoms with Crippen LogP contribution in [0.4, 0.5) is 0 Å². The molecule has 0 saturated heterocycles. The molecule has 0 atom stereocenters. The third kappa shape index (κ3) is 3.16. The average molecular weight is 226 g/mol. The first-order chi connectivity index (χ1) is 7.38. The topological polar surface area (TPSA) is 35.0 Å². The fraction of sp³-hybridized carbons (Fsp3) is 0.818. The van der Waals surface area contributed by atoms with Gasteiger partial charge in [0.15, 0.2) is 0 Å². The minimum Gasteiger partial charge on any atom is -0.463 e. The summed E-state index contributed by atoms with van der Waals surface area (Å²) < 4.78 is 9.44. The molecule has 15 heavy (non-hydrogen) atoms. The van der Waals surface area contributed by atoms with Crippen molar-refractivity contribution in [3.05, 3.63) is 5.01 Å². The van der Waals surface area contributed by atoms with Gasteiger partial charge in [-0.25, -0.2) is 0 Å². The molecule has 0 bridgehead atoms. The van der Waals surface area contributed by atoms with Crippen LogP contribution in [-0.2, 0) is 6.42 Å². The lowest BCUT2D eigenvalue weighted by atomic mass is 9.87. The molecule has 1 aromatic heterocycles. The summed E-state index contributed by atoms with van der Waals surface area (Å²) in [6, 6.07) is 0.563. The number of hydrogen-bond acceptors (Lipinski definition) is 4.